The number of halogens is 2. The van der Waals surface area contributed by atoms with E-state index in [2.05, 4.69) is 22.1 Å². The molecule has 0 saturated carbocycles. The molecule has 0 aliphatic carbocycles. The Balaban J connectivity index is 1.57. The molecule has 3 rings (SSSR count). The van der Waals surface area contributed by atoms with Crippen molar-refractivity contribution in [1.82, 2.24) is 14.8 Å². The first-order chi connectivity index (χ1) is 17.3. The minimum atomic E-state index is -0.434. The number of nitrogens with one attached hydrogen (secondary N) is 1. The molecule has 190 valence electrons. The highest BCUT2D eigenvalue weighted by Gasteiger charge is 2.15. The molecule has 3 aromatic rings. The summed E-state index contributed by atoms with van der Waals surface area (Å²) < 4.78 is 7.14. The van der Waals surface area contributed by atoms with Gasteiger partial charge >= 0.3 is 5.97 Å². The number of allylic oxidation sites excluding steroid dienone is 1. The lowest BCUT2D eigenvalue weighted by Crippen LogP contribution is -2.16. The lowest BCUT2D eigenvalue weighted by Gasteiger charge is -2.10. The molecule has 0 aliphatic rings. The van der Waals surface area contributed by atoms with E-state index in [4.69, 9.17) is 27.9 Å². The topological polar surface area (TPSA) is 86.1 Å². The van der Waals surface area contributed by atoms with Crippen molar-refractivity contribution >= 4 is 64.3 Å². The Hall–Kier alpha value is -2.46. The van der Waals surface area contributed by atoms with Gasteiger partial charge in [-0.3, -0.25) is 4.79 Å². The molecule has 0 spiro atoms. The first kappa shape index (κ1) is 28.1. The van der Waals surface area contributed by atoms with Crippen molar-refractivity contribution in [3.8, 4) is 0 Å². The van der Waals surface area contributed by atoms with Gasteiger partial charge in [-0.2, -0.15) is 0 Å². The molecular weight excluding hydrogens is 539 g/mol. The fourth-order valence-electron chi connectivity index (χ4n) is 3.07. The molecule has 1 amide bonds. The van der Waals surface area contributed by atoms with Gasteiger partial charge < -0.3 is 14.6 Å². The van der Waals surface area contributed by atoms with E-state index in [1.807, 2.05) is 16.7 Å². The molecule has 1 N–H and O–H groups in total. The maximum Gasteiger partial charge on any atom is 0.338 e. The van der Waals surface area contributed by atoms with Gasteiger partial charge in [-0.15, -0.1) is 28.5 Å². The van der Waals surface area contributed by atoms with Gasteiger partial charge in [-0.05, 0) is 49.7 Å². The minimum Gasteiger partial charge on any atom is -0.459 e. The van der Waals surface area contributed by atoms with Gasteiger partial charge in [-0.1, -0.05) is 53.2 Å². The largest absolute Gasteiger partial charge is 0.459 e. The first-order valence-electron chi connectivity index (χ1n) is 11.0. The van der Waals surface area contributed by atoms with E-state index in [1.165, 1.54) is 11.8 Å². The summed E-state index contributed by atoms with van der Waals surface area (Å²) in [5.41, 5.74) is 1.89. The smallest absolute Gasteiger partial charge is 0.338 e. The monoisotopic (exact) mass is 564 g/mol. The summed E-state index contributed by atoms with van der Waals surface area (Å²) in [5, 5.41) is 13.2. The molecule has 0 bridgehead atoms. The number of ether oxygens (including phenoxy) is 1. The third-order valence-corrected chi connectivity index (χ3v) is 7.20. The van der Waals surface area contributed by atoms with Crippen LogP contribution in [0.2, 0.25) is 10.0 Å². The first-order valence-corrected chi connectivity index (χ1v) is 13.9. The second-order valence-corrected chi connectivity index (χ2v) is 10.7. The summed E-state index contributed by atoms with van der Waals surface area (Å²) in [4.78, 5) is 24.7. The average molecular weight is 566 g/mol. The molecule has 0 radical (unpaired) electrons. The van der Waals surface area contributed by atoms with Crippen LogP contribution in [0, 0.1) is 0 Å². The molecule has 7 nitrogen and oxygen atoms in total. The third kappa shape index (κ3) is 8.30. The fourth-order valence-corrected chi connectivity index (χ4v) is 5.36. The molecule has 0 saturated heterocycles. The van der Waals surface area contributed by atoms with Crippen LogP contribution in [-0.2, 0) is 27.6 Å². The number of hydrogen-bond donors (Lipinski definition) is 1. The number of amides is 1. The minimum absolute atomic E-state index is 0.128. The molecule has 1 aromatic heterocycles. The van der Waals surface area contributed by atoms with Crippen molar-refractivity contribution in [2.75, 3.05) is 11.1 Å². The van der Waals surface area contributed by atoms with Crippen LogP contribution in [0.15, 0.2) is 60.3 Å². The Morgan fingerprint density at radius 2 is 1.97 bits per heavy atom. The number of aromatic nitrogens is 3. The van der Waals surface area contributed by atoms with Gasteiger partial charge in [0.05, 0.1) is 23.2 Å². The molecule has 0 unspecified atom stereocenters. The number of benzene rings is 2. The van der Waals surface area contributed by atoms with Crippen molar-refractivity contribution in [2.45, 2.75) is 43.2 Å². The third-order valence-electron chi connectivity index (χ3n) is 4.67. The molecular formula is C25H26Cl2N4O3S2. The van der Waals surface area contributed by atoms with E-state index in [-0.39, 0.29) is 17.8 Å². The van der Waals surface area contributed by atoms with Gasteiger partial charge in [0.1, 0.15) is 5.82 Å². The summed E-state index contributed by atoms with van der Waals surface area (Å²) in [6, 6.07) is 12.1. The molecule has 36 heavy (non-hydrogen) atoms. The van der Waals surface area contributed by atoms with Crippen molar-refractivity contribution in [1.29, 1.82) is 0 Å². The SMILES string of the molecule is C=CCn1c(CSCc2ccc(Cl)cc2Cl)nnc1SCC(=O)Nc1cccc(C(=O)OC(C)C)c1. The number of carbonyl (C=O) groups is 2. The van der Waals surface area contributed by atoms with Crippen molar-refractivity contribution in [3.63, 3.8) is 0 Å². The lowest BCUT2D eigenvalue weighted by atomic mass is 10.2. The molecule has 0 aliphatic heterocycles. The highest BCUT2D eigenvalue weighted by Crippen LogP contribution is 2.27. The van der Waals surface area contributed by atoms with Crippen LogP contribution >= 0.6 is 46.7 Å². The van der Waals surface area contributed by atoms with E-state index < -0.39 is 5.97 Å². The highest BCUT2D eigenvalue weighted by molar-refractivity contribution is 7.99. The average Bonchev–Trinajstić information content (AvgIpc) is 3.20. The Morgan fingerprint density at radius 3 is 2.69 bits per heavy atom. The molecule has 0 atom stereocenters. The Morgan fingerprint density at radius 1 is 1.17 bits per heavy atom. The van der Waals surface area contributed by atoms with E-state index in [0.717, 1.165) is 11.4 Å². The quantitative estimate of drug-likeness (QED) is 0.152. The van der Waals surface area contributed by atoms with E-state index >= 15 is 0 Å². The zero-order chi connectivity index (χ0) is 26.1. The van der Waals surface area contributed by atoms with Gasteiger partial charge in [0.2, 0.25) is 5.91 Å². The van der Waals surface area contributed by atoms with Crippen LogP contribution in [0.5, 0.6) is 0 Å². The van der Waals surface area contributed by atoms with Crippen LogP contribution in [-0.4, -0.2) is 38.5 Å². The van der Waals surface area contributed by atoms with E-state index in [1.54, 1.807) is 62.0 Å². The number of nitrogens with zero attached hydrogens (tertiary/aromatic N) is 3. The van der Waals surface area contributed by atoms with Crippen LogP contribution in [0.25, 0.3) is 0 Å². The summed E-state index contributed by atoms with van der Waals surface area (Å²) in [7, 11) is 0. The van der Waals surface area contributed by atoms with E-state index in [0.29, 0.717) is 44.5 Å². The maximum atomic E-state index is 12.6. The zero-order valence-electron chi connectivity index (χ0n) is 19.9. The number of thioether (sulfide) groups is 2. The predicted octanol–water partition coefficient (Wildman–Crippen LogP) is 6.50. The highest BCUT2D eigenvalue weighted by atomic mass is 35.5. The summed E-state index contributed by atoms with van der Waals surface area (Å²) >= 11 is 15.2. The van der Waals surface area contributed by atoms with Crippen molar-refractivity contribution in [2.24, 2.45) is 0 Å². The van der Waals surface area contributed by atoms with Crippen LogP contribution < -0.4 is 5.32 Å². The Kier molecular flexibility index (Phi) is 10.7. The Bertz CT molecular complexity index is 1230. The second-order valence-electron chi connectivity index (χ2n) is 7.90. The second kappa shape index (κ2) is 13.7. The Labute approximate surface area is 229 Å². The summed E-state index contributed by atoms with van der Waals surface area (Å²) in [6.07, 6.45) is 1.54. The number of rotatable bonds is 12. The maximum absolute atomic E-state index is 12.6. The molecule has 11 heteroatoms. The van der Waals surface area contributed by atoms with E-state index in [9.17, 15) is 9.59 Å². The standard InChI is InChI=1S/C25H26Cl2N4O3S2/c1-4-10-31-22(14-35-13-18-8-9-19(26)12-21(18)27)29-30-25(31)36-15-23(32)28-20-7-5-6-17(11-20)24(33)34-16(2)3/h4-9,11-12,16H,1,10,13-15H2,2-3H3,(H,28,32). The van der Waals surface area contributed by atoms with Gasteiger partial charge in [0, 0.05) is 28.0 Å². The number of hydrogen-bond acceptors (Lipinski definition) is 7. The van der Waals surface area contributed by atoms with Crippen LogP contribution in [0.4, 0.5) is 5.69 Å². The summed E-state index contributed by atoms with van der Waals surface area (Å²) in [6.45, 7) is 7.91. The lowest BCUT2D eigenvalue weighted by molar-refractivity contribution is -0.113. The molecule has 0 fully saturated rings. The number of anilines is 1. The van der Waals surface area contributed by atoms with Gasteiger partial charge in [-0.25, -0.2) is 4.79 Å². The number of carbonyl (C=O) groups excluding carboxylic acids is 2. The van der Waals surface area contributed by atoms with Gasteiger partial charge in [0.25, 0.3) is 0 Å². The van der Waals surface area contributed by atoms with Gasteiger partial charge in [0.15, 0.2) is 5.16 Å². The normalized spacial score (nSPS) is 10.9. The molecule has 2 aromatic carbocycles. The zero-order valence-corrected chi connectivity index (χ0v) is 23.0. The fraction of sp³-hybridized carbons (Fsp3) is 0.280. The van der Waals surface area contributed by atoms with Crippen molar-refractivity contribution < 1.29 is 14.3 Å². The van der Waals surface area contributed by atoms with Crippen LogP contribution in [0.3, 0.4) is 0 Å². The number of esters is 1. The molecule has 1 heterocycles. The summed E-state index contributed by atoms with van der Waals surface area (Å²) in [5.74, 6) is 1.57. The predicted molar refractivity (Wildman–Crippen MR) is 148 cm³/mol. The van der Waals surface area contributed by atoms with Crippen molar-refractivity contribution in [3.05, 3.63) is 82.1 Å². The van der Waals surface area contributed by atoms with Crippen LogP contribution in [0.1, 0.15) is 35.6 Å².